The fourth-order valence-electron chi connectivity index (χ4n) is 1.55. The van der Waals surface area contributed by atoms with Gasteiger partial charge in [-0.05, 0) is 18.1 Å². The van der Waals surface area contributed by atoms with Crippen LogP contribution >= 0.6 is 0 Å². The summed E-state index contributed by atoms with van der Waals surface area (Å²) in [6.07, 6.45) is 6.96. The molecule has 1 nitrogen and oxygen atoms in total. The summed E-state index contributed by atoms with van der Waals surface area (Å²) in [7, 11) is 0. The number of rotatable bonds is 3. The lowest BCUT2D eigenvalue weighted by Gasteiger charge is -1.94. The van der Waals surface area contributed by atoms with Gasteiger partial charge in [0.25, 0.3) is 0 Å². The second kappa shape index (κ2) is 10.00. The molecular formula is C20H19N. The maximum absolute atomic E-state index is 8.19. The molecule has 21 heavy (non-hydrogen) atoms. The zero-order valence-corrected chi connectivity index (χ0v) is 12.2. The van der Waals surface area contributed by atoms with Crippen LogP contribution in [0, 0.1) is 11.3 Å². The minimum absolute atomic E-state index is 1.12. The lowest BCUT2D eigenvalue weighted by molar-refractivity contribution is 1.53. The molecular weight excluding hydrogens is 254 g/mol. The zero-order valence-electron chi connectivity index (χ0n) is 12.2. The summed E-state index contributed by atoms with van der Waals surface area (Å²) < 4.78 is 0. The molecule has 0 radical (unpaired) electrons. The Kier molecular flexibility index (Phi) is 7.72. The highest BCUT2D eigenvalue weighted by atomic mass is 14.2. The molecule has 0 atom stereocenters. The van der Waals surface area contributed by atoms with Crippen LogP contribution < -0.4 is 0 Å². The van der Waals surface area contributed by atoms with Gasteiger partial charge in [0.15, 0.2) is 0 Å². The number of hydrogen-bond donors (Lipinski definition) is 0. The van der Waals surface area contributed by atoms with Crippen molar-refractivity contribution in [3.8, 4) is 6.07 Å². The number of nitriles is 1. The number of allylic oxidation sites excluding steroid dienone is 4. The molecule has 0 saturated heterocycles. The second-order valence-electron chi connectivity index (χ2n) is 4.40. The Morgan fingerprint density at radius 3 is 2.00 bits per heavy atom. The monoisotopic (exact) mass is 273 g/mol. The molecule has 104 valence electrons. The van der Waals surface area contributed by atoms with Gasteiger partial charge in [0.2, 0.25) is 0 Å². The summed E-state index contributed by atoms with van der Waals surface area (Å²) >= 11 is 0. The van der Waals surface area contributed by atoms with Crippen LogP contribution in [0.25, 0.3) is 11.6 Å². The van der Waals surface area contributed by atoms with Crippen molar-refractivity contribution in [2.45, 2.75) is 6.92 Å². The van der Waals surface area contributed by atoms with Crippen molar-refractivity contribution in [3.63, 3.8) is 0 Å². The first-order chi connectivity index (χ1) is 10.2. The highest BCUT2D eigenvalue weighted by Gasteiger charge is 1.86. The highest BCUT2D eigenvalue weighted by Crippen LogP contribution is 2.08. The summed E-state index contributed by atoms with van der Waals surface area (Å²) in [4.78, 5) is 0. The fourth-order valence-corrected chi connectivity index (χ4v) is 1.55. The second-order valence-corrected chi connectivity index (χ2v) is 4.40. The van der Waals surface area contributed by atoms with Gasteiger partial charge in [0, 0.05) is 6.08 Å². The van der Waals surface area contributed by atoms with Crippen molar-refractivity contribution in [3.05, 3.63) is 96.6 Å². The Morgan fingerprint density at radius 1 is 0.952 bits per heavy atom. The van der Waals surface area contributed by atoms with Crippen molar-refractivity contribution in [1.29, 1.82) is 5.26 Å². The van der Waals surface area contributed by atoms with Gasteiger partial charge in [-0.2, -0.15) is 5.26 Å². The van der Waals surface area contributed by atoms with Crippen LogP contribution in [0.1, 0.15) is 18.1 Å². The van der Waals surface area contributed by atoms with Crippen molar-refractivity contribution in [1.82, 2.24) is 0 Å². The Hall–Kier alpha value is -2.85. The maximum Gasteiger partial charge on any atom is 0.0912 e. The molecule has 2 aromatic rings. The topological polar surface area (TPSA) is 23.8 Å². The van der Waals surface area contributed by atoms with Gasteiger partial charge in [-0.1, -0.05) is 91.0 Å². The van der Waals surface area contributed by atoms with Gasteiger partial charge >= 0.3 is 0 Å². The van der Waals surface area contributed by atoms with E-state index in [0.29, 0.717) is 0 Å². The lowest BCUT2D eigenvalue weighted by atomic mass is 10.1. The van der Waals surface area contributed by atoms with E-state index in [1.807, 2.05) is 73.7 Å². The largest absolute Gasteiger partial charge is 0.193 e. The summed E-state index contributed by atoms with van der Waals surface area (Å²) in [5.41, 5.74) is 3.48. The average Bonchev–Trinajstić information content (AvgIpc) is 2.54. The highest BCUT2D eigenvalue weighted by molar-refractivity contribution is 5.60. The van der Waals surface area contributed by atoms with E-state index in [1.165, 1.54) is 11.6 Å². The molecule has 0 aliphatic carbocycles. The minimum Gasteiger partial charge on any atom is -0.193 e. The molecule has 0 saturated carbocycles. The van der Waals surface area contributed by atoms with Crippen LogP contribution in [0.4, 0.5) is 0 Å². The Labute approximate surface area is 127 Å². The van der Waals surface area contributed by atoms with Crippen LogP contribution in [0.5, 0.6) is 0 Å². The van der Waals surface area contributed by atoms with Crippen molar-refractivity contribution in [2.24, 2.45) is 0 Å². The van der Waals surface area contributed by atoms with E-state index in [-0.39, 0.29) is 0 Å². The van der Waals surface area contributed by atoms with Crippen LogP contribution in [0.3, 0.4) is 0 Å². The summed E-state index contributed by atoms with van der Waals surface area (Å²) in [6, 6.07) is 22.0. The standard InChI is InChI=1S/C11H9N.C9H10/c12-10-6-2-5-9-11-7-3-1-4-8-11;1-8(2)9-6-4-3-5-7-9/h1-9H;3-7H,1H2,2H3. The van der Waals surface area contributed by atoms with Crippen LogP contribution in [-0.4, -0.2) is 0 Å². The fraction of sp³-hybridized carbons (Fsp3) is 0.0500. The molecule has 0 amide bonds. The van der Waals surface area contributed by atoms with Crippen LogP contribution in [0.2, 0.25) is 0 Å². The molecule has 0 N–H and O–H groups in total. The van der Waals surface area contributed by atoms with Crippen molar-refractivity contribution < 1.29 is 0 Å². The molecule has 0 aliphatic rings. The van der Waals surface area contributed by atoms with Gasteiger partial charge in [0.05, 0.1) is 6.07 Å². The lowest BCUT2D eigenvalue weighted by Crippen LogP contribution is -1.72. The molecule has 2 rings (SSSR count). The number of benzene rings is 2. The molecule has 0 heterocycles. The molecule has 0 unspecified atom stereocenters. The van der Waals surface area contributed by atoms with E-state index >= 15 is 0 Å². The first-order valence-corrected chi connectivity index (χ1v) is 6.73. The van der Waals surface area contributed by atoms with Crippen molar-refractivity contribution in [2.75, 3.05) is 0 Å². The van der Waals surface area contributed by atoms with Crippen LogP contribution in [0.15, 0.2) is 85.5 Å². The predicted molar refractivity (Wildman–Crippen MR) is 91.4 cm³/mol. The summed E-state index contributed by atoms with van der Waals surface area (Å²) in [6.45, 7) is 5.83. The van der Waals surface area contributed by atoms with E-state index in [0.717, 1.165) is 11.1 Å². The Bertz CT molecular complexity index is 629. The van der Waals surface area contributed by atoms with Crippen molar-refractivity contribution >= 4 is 11.6 Å². The predicted octanol–water partition coefficient (Wildman–Crippen LogP) is 5.50. The quantitative estimate of drug-likeness (QED) is 0.535. The molecule has 0 aliphatic heterocycles. The van der Waals surface area contributed by atoms with Crippen LogP contribution in [-0.2, 0) is 0 Å². The smallest absolute Gasteiger partial charge is 0.0912 e. The average molecular weight is 273 g/mol. The molecule has 0 fully saturated rings. The molecule has 0 spiro atoms. The third kappa shape index (κ3) is 7.34. The van der Waals surface area contributed by atoms with E-state index < -0.39 is 0 Å². The molecule has 1 heteroatoms. The number of nitrogens with zero attached hydrogens (tertiary/aromatic N) is 1. The van der Waals surface area contributed by atoms with Gasteiger partial charge in [-0.25, -0.2) is 0 Å². The van der Waals surface area contributed by atoms with Gasteiger partial charge in [-0.3, -0.25) is 0 Å². The summed E-state index contributed by atoms with van der Waals surface area (Å²) in [5.74, 6) is 0. The van der Waals surface area contributed by atoms with Gasteiger partial charge in [-0.15, -0.1) is 0 Å². The Balaban J connectivity index is 0.000000219. The van der Waals surface area contributed by atoms with Gasteiger partial charge in [0.1, 0.15) is 0 Å². The SMILES string of the molecule is C=C(C)c1ccccc1.N#CC=CC=Cc1ccccc1. The zero-order chi connectivity index (χ0) is 15.3. The first-order valence-electron chi connectivity index (χ1n) is 6.73. The van der Waals surface area contributed by atoms with E-state index in [1.54, 1.807) is 6.08 Å². The van der Waals surface area contributed by atoms with Gasteiger partial charge < -0.3 is 0 Å². The van der Waals surface area contributed by atoms with E-state index in [9.17, 15) is 0 Å². The van der Waals surface area contributed by atoms with E-state index in [4.69, 9.17) is 5.26 Å². The van der Waals surface area contributed by atoms with E-state index in [2.05, 4.69) is 18.7 Å². The number of hydrogen-bond acceptors (Lipinski definition) is 1. The first kappa shape index (κ1) is 16.2. The third-order valence-electron chi connectivity index (χ3n) is 2.64. The minimum atomic E-state index is 1.12. The molecule has 2 aromatic carbocycles. The summed E-state index contributed by atoms with van der Waals surface area (Å²) in [5, 5.41) is 8.19. The maximum atomic E-state index is 8.19. The normalized spacial score (nSPS) is 9.90. The molecule has 0 aromatic heterocycles. The third-order valence-corrected chi connectivity index (χ3v) is 2.64. The molecule has 0 bridgehead atoms. The Morgan fingerprint density at radius 2 is 1.52 bits per heavy atom.